The lowest BCUT2D eigenvalue weighted by atomic mass is 10.1. The zero-order valence-electron chi connectivity index (χ0n) is 8.75. The molecule has 0 saturated carbocycles. The van der Waals surface area contributed by atoms with Crippen LogP contribution in [0.25, 0.3) is 11.6 Å². The van der Waals surface area contributed by atoms with E-state index < -0.39 is 0 Å². The van der Waals surface area contributed by atoms with E-state index in [0.29, 0.717) is 5.75 Å². The van der Waals surface area contributed by atoms with E-state index in [4.69, 9.17) is 0 Å². The molecule has 1 heteroatoms. The molecule has 0 aliphatic carbocycles. The standard InChI is InChI=1S/C13H16O/c1-4-7-12-11(10(3)5-2)8-6-9-13(12)14/h4,6-9,14H,1,5H2,2-3H3/b11-10-,12-7+. The van der Waals surface area contributed by atoms with E-state index in [-0.39, 0.29) is 0 Å². The Hall–Kier alpha value is -1.50. The maximum Gasteiger partial charge on any atom is 0.123 e. The Kier molecular flexibility index (Phi) is 3.52. The van der Waals surface area contributed by atoms with Gasteiger partial charge in [-0.15, -0.1) is 0 Å². The van der Waals surface area contributed by atoms with Gasteiger partial charge in [0.15, 0.2) is 0 Å². The molecule has 1 nitrogen and oxygen atoms in total. The molecule has 0 saturated heterocycles. The van der Waals surface area contributed by atoms with Crippen molar-refractivity contribution in [3.05, 3.63) is 41.3 Å². The summed E-state index contributed by atoms with van der Waals surface area (Å²) < 4.78 is 0. The normalized spacial score (nSPS) is 14.0. The van der Waals surface area contributed by atoms with Crippen molar-refractivity contribution in [1.82, 2.24) is 0 Å². The van der Waals surface area contributed by atoms with Crippen molar-refractivity contribution in [3.8, 4) is 5.75 Å². The first kappa shape index (κ1) is 10.6. The Morgan fingerprint density at radius 2 is 2.21 bits per heavy atom. The van der Waals surface area contributed by atoms with Crippen LogP contribution in [0.3, 0.4) is 0 Å². The molecule has 74 valence electrons. The van der Waals surface area contributed by atoms with Crippen LogP contribution in [0.4, 0.5) is 0 Å². The van der Waals surface area contributed by atoms with E-state index >= 15 is 0 Å². The van der Waals surface area contributed by atoms with Gasteiger partial charge in [-0.3, -0.25) is 0 Å². The average Bonchev–Trinajstić information content (AvgIpc) is 2.20. The summed E-state index contributed by atoms with van der Waals surface area (Å²) in [6, 6.07) is 5.58. The highest BCUT2D eigenvalue weighted by Gasteiger charge is 1.94. The lowest BCUT2D eigenvalue weighted by molar-refractivity contribution is 0.470. The molecule has 0 aromatic heterocycles. The summed E-state index contributed by atoms with van der Waals surface area (Å²) in [4.78, 5) is 0. The minimum Gasteiger partial charge on any atom is -0.507 e. The van der Waals surface area contributed by atoms with Crippen LogP contribution < -0.4 is 10.4 Å². The predicted octanol–water partition coefficient (Wildman–Crippen LogP) is 1.94. The van der Waals surface area contributed by atoms with Gasteiger partial charge in [0, 0.05) is 5.22 Å². The van der Waals surface area contributed by atoms with Crippen molar-refractivity contribution in [2.45, 2.75) is 20.3 Å². The molecular weight excluding hydrogens is 172 g/mol. The lowest BCUT2D eigenvalue weighted by Gasteiger charge is -1.99. The van der Waals surface area contributed by atoms with Gasteiger partial charge in [0.05, 0.1) is 0 Å². The van der Waals surface area contributed by atoms with Crippen LogP contribution in [0, 0.1) is 0 Å². The summed E-state index contributed by atoms with van der Waals surface area (Å²) in [5.74, 6) is 0.315. The van der Waals surface area contributed by atoms with E-state index in [1.165, 1.54) is 5.57 Å². The predicted molar refractivity (Wildman–Crippen MR) is 61.4 cm³/mol. The Morgan fingerprint density at radius 3 is 2.79 bits per heavy atom. The van der Waals surface area contributed by atoms with Crippen molar-refractivity contribution in [2.24, 2.45) is 0 Å². The fourth-order valence-corrected chi connectivity index (χ4v) is 1.41. The molecule has 1 aromatic carbocycles. The summed E-state index contributed by atoms with van der Waals surface area (Å²) >= 11 is 0. The summed E-state index contributed by atoms with van der Waals surface area (Å²) in [5.41, 5.74) is 1.27. The van der Waals surface area contributed by atoms with Gasteiger partial charge >= 0.3 is 0 Å². The molecule has 1 aromatic rings. The first-order valence-electron chi connectivity index (χ1n) is 4.81. The molecule has 0 unspecified atom stereocenters. The number of aromatic hydroxyl groups is 1. The zero-order chi connectivity index (χ0) is 10.6. The molecule has 0 bridgehead atoms. The van der Waals surface area contributed by atoms with E-state index in [1.54, 1.807) is 12.1 Å². The van der Waals surface area contributed by atoms with Crippen LogP contribution in [0.2, 0.25) is 0 Å². The third-order valence-corrected chi connectivity index (χ3v) is 2.36. The first-order chi connectivity index (χ1) is 6.70. The average molecular weight is 188 g/mol. The number of rotatable bonds is 2. The van der Waals surface area contributed by atoms with Gasteiger partial charge in [0.1, 0.15) is 5.75 Å². The third kappa shape index (κ3) is 2.05. The largest absolute Gasteiger partial charge is 0.507 e. The molecule has 0 amide bonds. The molecule has 14 heavy (non-hydrogen) atoms. The Bertz CT molecular complexity index is 441. The van der Waals surface area contributed by atoms with Gasteiger partial charge in [0.25, 0.3) is 0 Å². The molecule has 0 heterocycles. The first-order valence-corrected chi connectivity index (χ1v) is 4.81. The molecule has 0 spiro atoms. The minimum absolute atomic E-state index is 0.315. The van der Waals surface area contributed by atoms with E-state index in [2.05, 4.69) is 20.4 Å². The maximum atomic E-state index is 9.67. The van der Waals surface area contributed by atoms with Crippen molar-refractivity contribution in [3.63, 3.8) is 0 Å². The number of phenolic OH excluding ortho intramolecular Hbond substituents is 1. The van der Waals surface area contributed by atoms with Crippen LogP contribution in [0.15, 0.2) is 30.9 Å². The fourth-order valence-electron chi connectivity index (χ4n) is 1.41. The molecule has 0 aliphatic heterocycles. The highest BCUT2D eigenvalue weighted by atomic mass is 16.3. The van der Waals surface area contributed by atoms with Crippen molar-refractivity contribution in [1.29, 1.82) is 0 Å². The second-order valence-corrected chi connectivity index (χ2v) is 3.27. The number of hydrogen-bond acceptors (Lipinski definition) is 1. The van der Waals surface area contributed by atoms with Crippen LogP contribution in [0.5, 0.6) is 5.75 Å². The quantitative estimate of drug-likeness (QED) is 0.752. The number of benzene rings is 1. The fraction of sp³-hybridized carbons (Fsp3) is 0.231. The molecular formula is C13H16O. The number of hydrogen-bond donors (Lipinski definition) is 1. The van der Waals surface area contributed by atoms with E-state index in [0.717, 1.165) is 16.9 Å². The summed E-state index contributed by atoms with van der Waals surface area (Å²) in [5, 5.41) is 11.6. The van der Waals surface area contributed by atoms with Gasteiger partial charge in [-0.2, -0.15) is 0 Å². The van der Waals surface area contributed by atoms with Crippen LogP contribution in [-0.2, 0) is 0 Å². The van der Waals surface area contributed by atoms with Crippen LogP contribution in [-0.4, -0.2) is 5.11 Å². The highest BCUT2D eigenvalue weighted by molar-refractivity contribution is 5.49. The molecule has 0 atom stereocenters. The smallest absolute Gasteiger partial charge is 0.123 e. The summed E-state index contributed by atoms with van der Waals surface area (Å²) in [7, 11) is 0. The SMILES string of the molecule is C=C/C=c1/c(O)ccc/c1=C(\C)CC. The monoisotopic (exact) mass is 188 g/mol. The van der Waals surface area contributed by atoms with Gasteiger partial charge in [0.2, 0.25) is 0 Å². The van der Waals surface area contributed by atoms with Crippen molar-refractivity contribution < 1.29 is 5.11 Å². The minimum atomic E-state index is 0.315. The molecule has 0 radical (unpaired) electrons. The van der Waals surface area contributed by atoms with Gasteiger partial charge in [-0.25, -0.2) is 0 Å². The topological polar surface area (TPSA) is 20.2 Å². The summed E-state index contributed by atoms with van der Waals surface area (Å²) in [6.07, 6.45) is 4.52. The molecule has 1 N–H and O–H groups in total. The van der Waals surface area contributed by atoms with Gasteiger partial charge in [-0.1, -0.05) is 43.4 Å². The second-order valence-electron chi connectivity index (χ2n) is 3.27. The Balaban J connectivity index is 3.69. The number of allylic oxidation sites excluding steroid dienone is 1. The van der Waals surface area contributed by atoms with Crippen molar-refractivity contribution in [2.75, 3.05) is 0 Å². The lowest BCUT2D eigenvalue weighted by Crippen LogP contribution is -2.26. The van der Waals surface area contributed by atoms with Gasteiger partial charge in [-0.05, 0) is 24.6 Å². The zero-order valence-corrected chi connectivity index (χ0v) is 8.75. The maximum absolute atomic E-state index is 9.67. The van der Waals surface area contributed by atoms with Crippen LogP contribution >= 0.6 is 0 Å². The molecule has 0 aliphatic rings. The Labute approximate surface area is 84.7 Å². The third-order valence-electron chi connectivity index (χ3n) is 2.36. The van der Waals surface area contributed by atoms with Gasteiger partial charge < -0.3 is 5.11 Å². The Morgan fingerprint density at radius 1 is 1.50 bits per heavy atom. The van der Waals surface area contributed by atoms with Crippen molar-refractivity contribution >= 4 is 11.6 Å². The van der Waals surface area contributed by atoms with E-state index in [9.17, 15) is 5.11 Å². The van der Waals surface area contributed by atoms with E-state index in [1.807, 2.05) is 18.2 Å². The molecule has 1 rings (SSSR count). The molecule has 0 fully saturated rings. The number of phenols is 1. The van der Waals surface area contributed by atoms with Crippen LogP contribution in [0.1, 0.15) is 20.3 Å². The summed E-state index contributed by atoms with van der Waals surface area (Å²) in [6.45, 7) is 7.83. The highest BCUT2D eigenvalue weighted by Crippen LogP contribution is 1.99. The second kappa shape index (κ2) is 4.66.